The van der Waals surface area contributed by atoms with E-state index in [0.29, 0.717) is 13.0 Å². The third-order valence-corrected chi connectivity index (χ3v) is 4.26. The van der Waals surface area contributed by atoms with Gasteiger partial charge in [0.15, 0.2) is 0 Å². The van der Waals surface area contributed by atoms with Crippen molar-refractivity contribution in [3.8, 4) is 0 Å². The SMILES string of the molecule is COC(=O)Cc1ccc(CN[C@H](CO)c2ccccc2)s1. The van der Waals surface area contributed by atoms with Gasteiger partial charge in [-0.2, -0.15) is 0 Å². The Balaban J connectivity index is 1.91. The van der Waals surface area contributed by atoms with Gasteiger partial charge in [-0.25, -0.2) is 0 Å². The molecule has 2 aromatic rings. The predicted octanol–water partition coefficient (Wildman–Crippen LogP) is 2.29. The summed E-state index contributed by atoms with van der Waals surface area (Å²) in [5.74, 6) is -0.228. The number of hydrogen-bond donors (Lipinski definition) is 2. The molecule has 0 aliphatic carbocycles. The van der Waals surface area contributed by atoms with Crippen molar-refractivity contribution in [1.29, 1.82) is 0 Å². The molecule has 1 atom stereocenters. The normalized spacial score (nSPS) is 12.1. The fourth-order valence-corrected chi connectivity index (χ4v) is 2.98. The number of thiophene rings is 1. The van der Waals surface area contributed by atoms with E-state index in [9.17, 15) is 9.90 Å². The van der Waals surface area contributed by atoms with Crippen LogP contribution in [0.3, 0.4) is 0 Å². The van der Waals surface area contributed by atoms with Crippen molar-refractivity contribution in [1.82, 2.24) is 5.32 Å². The zero-order valence-electron chi connectivity index (χ0n) is 11.9. The molecular weight excluding hydrogens is 286 g/mol. The molecule has 1 heterocycles. The van der Waals surface area contributed by atoms with E-state index in [0.717, 1.165) is 15.3 Å². The number of ether oxygens (including phenoxy) is 1. The summed E-state index contributed by atoms with van der Waals surface area (Å²) in [6, 6.07) is 13.7. The lowest BCUT2D eigenvalue weighted by Gasteiger charge is -2.16. The topological polar surface area (TPSA) is 58.6 Å². The third kappa shape index (κ3) is 4.67. The smallest absolute Gasteiger partial charge is 0.310 e. The van der Waals surface area contributed by atoms with Gasteiger partial charge in [-0.15, -0.1) is 11.3 Å². The first-order valence-corrected chi connectivity index (χ1v) is 7.58. The van der Waals surface area contributed by atoms with Crippen LogP contribution in [0.5, 0.6) is 0 Å². The molecule has 0 spiro atoms. The predicted molar refractivity (Wildman–Crippen MR) is 83.1 cm³/mol. The Hall–Kier alpha value is -1.69. The molecule has 2 rings (SSSR count). The van der Waals surface area contributed by atoms with Crippen LogP contribution in [0.15, 0.2) is 42.5 Å². The minimum absolute atomic E-state index is 0.0460. The van der Waals surface area contributed by atoms with Gasteiger partial charge in [-0.1, -0.05) is 30.3 Å². The lowest BCUT2D eigenvalue weighted by atomic mass is 10.1. The highest BCUT2D eigenvalue weighted by molar-refractivity contribution is 7.12. The van der Waals surface area contributed by atoms with Gasteiger partial charge in [0.25, 0.3) is 0 Å². The Morgan fingerprint density at radius 2 is 1.95 bits per heavy atom. The third-order valence-electron chi connectivity index (χ3n) is 3.17. The number of hydrogen-bond acceptors (Lipinski definition) is 5. The number of carbonyl (C=O) groups is 1. The Morgan fingerprint density at radius 3 is 2.62 bits per heavy atom. The number of aliphatic hydroxyl groups excluding tert-OH is 1. The summed E-state index contributed by atoms with van der Waals surface area (Å²) >= 11 is 1.58. The van der Waals surface area contributed by atoms with E-state index in [2.05, 4.69) is 10.1 Å². The number of methoxy groups -OCH3 is 1. The summed E-state index contributed by atoms with van der Waals surface area (Å²) in [6.45, 7) is 0.705. The summed E-state index contributed by atoms with van der Waals surface area (Å²) in [5.41, 5.74) is 1.06. The van der Waals surface area contributed by atoms with Crippen LogP contribution < -0.4 is 5.32 Å². The zero-order chi connectivity index (χ0) is 15.1. The van der Waals surface area contributed by atoms with Crippen molar-refractivity contribution in [3.05, 3.63) is 57.8 Å². The van der Waals surface area contributed by atoms with E-state index in [1.807, 2.05) is 42.5 Å². The van der Waals surface area contributed by atoms with Crippen molar-refractivity contribution in [2.45, 2.75) is 19.0 Å². The number of aliphatic hydroxyl groups is 1. The van der Waals surface area contributed by atoms with Gasteiger partial charge in [0, 0.05) is 16.3 Å². The van der Waals surface area contributed by atoms with Gasteiger partial charge >= 0.3 is 5.97 Å². The Bertz CT molecular complexity index is 568. The lowest BCUT2D eigenvalue weighted by molar-refractivity contribution is -0.139. The quantitative estimate of drug-likeness (QED) is 0.771. The highest BCUT2D eigenvalue weighted by Gasteiger charge is 2.11. The molecule has 5 heteroatoms. The molecule has 1 aromatic carbocycles. The molecule has 0 bridgehead atoms. The van der Waals surface area contributed by atoms with E-state index >= 15 is 0 Å². The lowest BCUT2D eigenvalue weighted by Crippen LogP contribution is -2.23. The molecule has 0 amide bonds. The molecule has 21 heavy (non-hydrogen) atoms. The van der Waals surface area contributed by atoms with Crippen molar-refractivity contribution in [2.75, 3.05) is 13.7 Å². The molecule has 4 nitrogen and oxygen atoms in total. The van der Waals surface area contributed by atoms with Crippen LogP contribution in [0.4, 0.5) is 0 Å². The van der Waals surface area contributed by atoms with Crippen LogP contribution in [0.1, 0.15) is 21.4 Å². The Kier molecular flexibility index (Phi) is 5.92. The maximum atomic E-state index is 11.2. The molecule has 0 aliphatic heterocycles. The van der Waals surface area contributed by atoms with Gasteiger partial charge in [0.2, 0.25) is 0 Å². The second-order valence-electron chi connectivity index (χ2n) is 4.65. The fraction of sp³-hybridized carbons (Fsp3) is 0.312. The van der Waals surface area contributed by atoms with E-state index in [1.54, 1.807) is 11.3 Å². The van der Waals surface area contributed by atoms with Crippen LogP contribution >= 0.6 is 11.3 Å². The highest BCUT2D eigenvalue weighted by atomic mass is 32.1. The summed E-state index contributed by atoms with van der Waals surface area (Å²) in [5, 5.41) is 12.8. The van der Waals surface area contributed by atoms with Gasteiger partial charge in [-0.05, 0) is 17.7 Å². The van der Waals surface area contributed by atoms with Gasteiger partial charge in [0.1, 0.15) is 0 Å². The maximum Gasteiger partial charge on any atom is 0.310 e. The largest absolute Gasteiger partial charge is 0.469 e. The molecular formula is C16H19NO3S. The minimum atomic E-state index is -0.228. The standard InChI is InChI=1S/C16H19NO3S/c1-20-16(19)9-13-7-8-14(21-13)10-17-15(11-18)12-5-3-2-4-6-12/h2-8,15,17-18H,9-11H2,1H3/t15-/m1/s1. The molecule has 0 unspecified atom stereocenters. The molecule has 0 aliphatic rings. The van der Waals surface area contributed by atoms with E-state index in [4.69, 9.17) is 0 Å². The zero-order valence-corrected chi connectivity index (χ0v) is 12.7. The summed E-state index contributed by atoms with van der Waals surface area (Å²) in [4.78, 5) is 13.3. The van der Waals surface area contributed by atoms with Crippen LogP contribution in [-0.4, -0.2) is 24.8 Å². The maximum absolute atomic E-state index is 11.2. The summed E-state index contributed by atoms with van der Waals surface area (Å²) < 4.78 is 4.66. The number of carbonyl (C=O) groups excluding carboxylic acids is 1. The van der Waals surface area contributed by atoms with E-state index in [-0.39, 0.29) is 18.6 Å². The number of benzene rings is 1. The summed E-state index contributed by atoms with van der Waals surface area (Å²) in [6.07, 6.45) is 0.309. The average Bonchev–Trinajstić information content (AvgIpc) is 2.96. The first-order chi connectivity index (χ1) is 10.2. The van der Waals surface area contributed by atoms with Crippen molar-refractivity contribution < 1.29 is 14.6 Å². The van der Waals surface area contributed by atoms with Crippen molar-refractivity contribution >= 4 is 17.3 Å². The molecule has 1 aromatic heterocycles. The minimum Gasteiger partial charge on any atom is -0.469 e. The van der Waals surface area contributed by atoms with E-state index < -0.39 is 0 Å². The Labute approximate surface area is 128 Å². The van der Waals surface area contributed by atoms with Gasteiger partial charge in [-0.3, -0.25) is 4.79 Å². The monoisotopic (exact) mass is 305 g/mol. The van der Waals surface area contributed by atoms with Crippen LogP contribution in [0.25, 0.3) is 0 Å². The molecule has 0 saturated heterocycles. The molecule has 0 radical (unpaired) electrons. The van der Waals surface area contributed by atoms with E-state index in [1.165, 1.54) is 7.11 Å². The van der Waals surface area contributed by atoms with Crippen molar-refractivity contribution in [2.24, 2.45) is 0 Å². The number of rotatable bonds is 7. The molecule has 2 N–H and O–H groups in total. The van der Waals surface area contributed by atoms with Crippen molar-refractivity contribution in [3.63, 3.8) is 0 Å². The van der Waals surface area contributed by atoms with Crippen LogP contribution in [-0.2, 0) is 22.5 Å². The molecule has 112 valence electrons. The number of nitrogens with one attached hydrogen (secondary N) is 1. The second kappa shape index (κ2) is 7.93. The fourth-order valence-electron chi connectivity index (χ4n) is 2.02. The van der Waals surface area contributed by atoms with Gasteiger partial charge in [0.05, 0.1) is 26.2 Å². The second-order valence-corrected chi connectivity index (χ2v) is 5.90. The average molecular weight is 305 g/mol. The van der Waals surface area contributed by atoms with Crippen LogP contribution in [0.2, 0.25) is 0 Å². The summed E-state index contributed by atoms with van der Waals surface area (Å²) in [7, 11) is 1.39. The highest BCUT2D eigenvalue weighted by Crippen LogP contribution is 2.19. The molecule has 0 saturated carbocycles. The first-order valence-electron chi connectivity index (χ1n) is 6.76. The Morgan fingerprint density at radius 1 is 1.24 bits per heavy atom. The molecule has 0 fully saturated rings. The van der Waals surface area contributed by atoms with Gasteiger partial charge < -0.3 is 15.2 Å². The number of esters is 1. The first kappa shape index (κ1) is 15.7. The van der Waals surface area contributed by atoms with Crippen LogP contribution in [0, 0.1) is 0 Å².